The van der Waals surface area contributed by atoms with E-state index >= 15 is 0 Å². The zero-order chi connectivity index (χ0) is 14.3. The van der Waals surface area contributed by atoms with Crippen molar-refractivity contribution in [2.75, 3.05) is 13.1 Å². The fraction of sp³-hybridized carbons (Fsp3) is 0.615. The molecular formula is C13H19N5OS. The van der Waals surface area contributed by atoms with Crippen molar-refractivity contribution in [2.24, 2.45) is 0 Å². The molecule has 0 atom stereocenters. The van der Waals surface area contributed by atoms with Gasteiger partial charge in [-0.15, -0.1) is 5.10 Å². The van der Waals surface area contributed by atoms with Gasteiger partial charge in [-0.1, -0.05) is 0 Å². The average molecular weight is 293 g/mol. The van der Waals surface area contributed by atoms with Crippen LogP contribution in [-0.4, -0.2) is 48.4 Å². The van der Waals surface area contributed by atoms with Crippen LogP contribution in [0.25, 0.3) is 5.78 Å². The highest BCUT2D eigenvalue weighted by molar-refractivity contribution is 7.71. The van der Waals surface area contributed by atoms with E-state index in [0.29, 0.717) is 17.2 Å². The molecule has 0 spiro atoms. The molecule has 0 unspecified atom stereocenters. The van der Waals surface area contributed by atoms with Crippen LogP contribution in [0.3, 0.4) is 0 Å². The van der Waals surface area contributed by atoms with Gasteiger partial charge in [0.05, 0.1) is 12.8 Å². The van der Waals surface area contributed by atoms with Gasteiger partial charge in [0, 0.05) is 24.5 Å². The normalized spacial score (nSPS) is 17.9. The summed E-state index contributed by atoms with van der Waals surface area (Å²) in [6.07, 6.45) is 1.47. The summed E-state index contributed by atoms with van der Waals surface area (Å²) >= 11 is 5.50. The first-order chi connectivity index (χ1) is 9.54. The molecule has 7 heteroatoms. The van der Waals surface area contributed by atoms with E-state index in [9.17, 15) is 5.11 Å². The third-order valence-electron chi connectivity index (χ3n) is 3.76. The highest BCUT2D eigenvalue weighted by Crippen LogP contribution is 2.12. The summed E-state index contributed by atoms with van der Waals surface area (Å²) in [5, 5.41) is 14.1. The van der Waals surface area contributed by atoms with E-state index in [1.54, 1.807) is 0 Å². The van der Waals surface area contributed by atoms with Crippen molar-refractivity contribution in [1.29, 1.82) is 0 Å². The molecule has 2 aromatic heterocycles. The van der Waals surface area contributed by atoms with Gasteiger partial charge in [-0.05, 0) is 45.0 Å². The second kappa shape index (κ2) is 5.23. The lowest BCUT2D eigenvalue weighted by molar-refractivity contribution is 0.0651. The Morgan fingerprint density at radius 3 is 2.75 bits per heavy atom. The first kappa shape index (κ1) is 13.7. The van der Waals surface area contributed by atoms with Crippen LogP contribution in [0.1, 0.15) is 24.2 Å². The number of nitrogens with zero attached hydrogens (tertiary/aromatic N) is 5. The summed E-state index contributed by atoms with van der Waals surface area (Å²) in [6.45, 7) is 6.39. The number of aryl methyl sites for hydroxylation is 2. The number of aliphatic hydroxyl groups is 1. The van der Waals surface area contributed by atoms with Gasteiger partial charge < -0.3 is 5.11 Å². The third-order valence-corrected chi connectivity index (χ3v) is 4.15. The van der Waals surface area contributed by atoms with Crippen molar-refractivity contribution >= 4 is 18.0 Å². The van der Waals surface area contributed by atoms with Crippen LogP contribution in [-0.2, 0) is 6.67 Å². The maximum atomic E-state index is 9.55. The molecule has 0 radical (unpaired) electrons. The van der Waals surface area contributed by atoms with E-state index in [-0.39, 0.29) is 6.10 Å². The Morgan fingerprint density at radius 2 is 2.05 bits per heavy atom. The minimum atomic E-state index is -0.160. The summed E-state index contributed by atoms with van der Waals surface area (Å²) in [4.78, 5) is 6.69. The molecular weight excluding hydrogens is 274 g/mol. The molecule has 0 bridgehead atoms. The zero-order valence-corrected chi connectivity index (χ0v) is 12.6. The fourth-order valence-corrected chi connectivity index (χ4v) is 3.00. The molecule has 20 heavy (non-hydrogen) atoms. The van der Waals surface area contributed by atoms with Gasteiger partial charge in [0.15, 0.2) is 0 Å². The molecule has 1 N–H and O–H groups in total. The van der Waals surface area contributed by atoms with Gasteiger partial charge in [-0.3, -0.25) is 9.30 Å². The molecule has 0 aromatic carbocycles. The van der Waals surface area contributed by atoms with Gasteiger partial charge >= 0.3 is 0 Å². The molecule has 1 aliphatic rings. The summed E-state index contributed by atoms with van der Waals surface area (Å²) in [6, 6.07) is 2.01. The van der Waals surface area contributed by atoms with Crippen LogP contribution in [0.4, 0.5) is 0 Å². The topological polar surface area (TPSA) is 58.6 Å². The molecule has 0 saturated carbocycles. The Hall–Kier alpha value is -1.31. The number of fused-ring (bicyclic) bond motifs is 1. The summed E-state index contributed by atoms with van der Waals surface area (Å²) in [5.74, 6) is 0.657. The summed E-state index contributed by atoms with van der Waals surface area (Å²) in [5.41, 5.74) is 2.00. The van der Waals surface area contributed by atoms with E-state index in [0.717, 1.165) is 37.3 Å². The summed E-state index contributed by atoms with van der Waals surface area (Å²) < 4.78 is 4.40. The van der Waals surface area contributed by atoms with Crippen molar-refractivity contribution in [2.45, 2.75) is 39.5 Å². The molecule has 0 aliphatic carbocycles. The SMILES string of the molecule is Cc1cc(C)n2c(=S)n(CN3CCC(O)CC3)nc2n1. The molecule has 108 valence electrons. The molecule has 1 fully saturated rings. The van der Waals surface area contributed by atoms with Crippen LogP contribution in [0.2, 0.25) is 0 Å². The van der Waals surface area contributed by atoms with E-state index in [2.05, 4.69) is 15.0 Å². The van der Waals surface area contributed by atoms with Crippen LogP contribution in [0, 0.1) is 18.6 Å². The lowest BCUT2D eigenvalue weighted by Crippen LogP contribution is -2.37. The maximum absolute atomic E-state index is 9.55. The lowest BCUT2D eigenvalue weighted by Gasteiger charge is -2.28. The van der Waals surface area contributed by atoms with Crippen LogP contribution in [0.15, 0.2) is 6.07 Å². The Morgan fingerprint density at radius 1 is 1.35 bits per heavy atom. The minimum absolute atomic E-state index is 0.160. The molecule has 3 rings (SSSR count). The van der Waals surface area contributed by atoms with Crippen LogP contribution >= 0.6 is 12.2 Å². The van der Waals surface area contributed by atoms with Gasteiger partial charge in [0.1, 0.15) is 0 Å². The van der Waals surface area contributed by atoms with Crippen molar-refractivity contribution in [3.63, 3.8) is 0 Å². The second-order valence-electron chi connectivity index (χ2n) is 5.45. The smallest absolute Gasteiger partial charge is 0.254 e. The Bertz CT molecular complexity index is 684. The van der Waals surface area contributed by atoms with Crippen molar-refractivity contribution in [3.8, 4) is 0 Å². The first-order valence-corrected chi connectivity index (χ1v) is 7.29. The number of aliphatic hydroxyl groups excluding tert-OH is 1. The highest BCUT2D eigenvalue weighted by Gasteiger charge is 2.18. The highest BCUT2D eigenvalue weighted by atomic mass is 32.1. The second-order valence-corrected chi connectivity index (χ2v) is 5.81. The standard InChI is InChI=1S/C13H19N5OS/c1-9-7-10(2)18-12(14-9)15-17(13(18)20)8-16-5-3-11(19)4-6-16/h7,11,19H,3-6,8H2,1-2H3. The van der Waals surface area contributed by atoms with Crippen LogP contribution in [0.5, 0.6) is 0 Å². The zero-order valence-electron chi connectivity index (χ0n) is 11.8. The quantitative estimate of drug-likeness (QED) is 0.846. The van der Waals surface area contributed by atoms with Crippen molar-refractivity contribution in [1.82, 2.24) is 24.1 Å². The van der Waals surface area contributed by atoms with Gasteiger partial charge in [-0.2, -0.15) is 0 Å². The Labute approximate surface area is 122 Å². The minimum Gasteiger partial charge on any atom is -0.393 e. The maximum Gasteiger partial charge on any atom is 0.254 e. The number of aromatic nitrogens is 4. The number of likely N-dealkylation sites (tertiary alicyclic amines) is 1. The van der Waals surface area contributed by atoms with Crippen molar-refractivity contribution in [3.05, 3.63) is 22.2 Å². The van der Waals surface area contributed by atoms with E-state index in [4.69, 9.17) is 12.2 Å². The first-order valence-electron chi connectivity index (χ1n) is 6.89. The molecule has 2 aromatic rings. The molecule has 6 nitrogen and oxygen atoms in total. The predicted octanol–water partition coefficient (Wildman–Crippen LogP) is 1.29. The lowest BCUT2D eigenvalue weighted by atomic mass is 10.1. The number of piperidine rings is 1. The van der Waals surface area contributed by atoms with Crippen molar-refractivity contribution < 1.29 is 5.11 Å². The van der Waals surface area contributed by atoms with Gasteiger partial charge in [0.2, 0.25) is 4.77 Å². The number of hydrogen-bond acceptors (Lipinski definition) is 5. The monoisotopic (exact) mass is 293 g/mol. The average Bonchev–Trinajstić information content (AvgIpc) is 2.69. The summed E-state index contributed by atoms with van der Waals surface area (Å²) in [7, 11) is 0. The van der Waals surface area contributed by atoms with E-state index < -0.39 is 0 Å². The van der Waals surface area contributed by atoms with Gasteiger partial charge in [-0.25, -0.2) is 9.67 Å². The molecule has 3 heterocycles. The molecule has 1 aliphatic heterocycles. The Balaban J connectivity index is 1.91. The number of rotatable bonds is 2. The predicted molar refractivity (Wildman–Crippen MR) is 78.1 cm³/mol. The largest absolute Gasteiger partial charge is 0.393 e. The van der Waals surface area contributed by atoms with Gasteiger partial charge in [0.25, 0.3) is 5.78 Å². The fourth-order valence-electron chi connectivity index (χ4n) is 2.68. The third kappa shape index (κ3) is 2.48. The van der Waals surface area contributed by atoms with E-state index in [1.807, 2.05) is 29.0 Å². The molecule has 0 amide bonds. The molecule has 1 saturated heterocycles. The van der Waals surface area contributed by atoms with E-state index in [1.165, 1.54) is 0 Å². The van der Waals surface area contributed by atoms with Crippen LogP contribution < -0.4 is 0 Å². The Kier molecular flexibility index (Phi) is 3.57. The number of hydrogen-bond donors (Lipinski definition) is 1.